The highest BCUT2D eigenvalue weighted by atomic mass is 16.4. The number of fused-ring (bicyclic) bond motifs is 1. The third-order valence-corrected chi connectivity index (χ3v) is 2.57. The van der Waals surface area contributed by atoms with Crippen LogP contribution in [0.1, 0.15) is 5.56 Å². The van der Waals surface area contributed by atoms with Gasteiger partial charge in [-0.15, -0.1) is 0 Å². The van der Waals surface area contributed by atoms with Crippen LogP contribution in [0.15, 0.2) is 30.5 Å². The Labute approximate surface area is 110 Å². The number of nitrogens with zero attached hydrogens (tertiary/aromatic N) is 1. The van der Waals surface area contributed by atoms with Gasteiger partial charge in [-0.05, 0) is 24.7 Å². The molecule has 1 aromatic heterocycles. The summed E-state index contributed by atoms with van der Waals surface area (Å²) in [5.41, 5.74) is 2.66. The smallest absolute Gasteiger partial charge is 0.414 e. The Morgan fingerprint density at radius 3 is 2.37 bits per heavy atom. The molecule has 0 unspecified atom stereocenters. The number of rotatable bonds is 2. The fraction of sp³-hybridized carbons (Fsp3) is 0.231. The molecule has 2 aromatic rings. The Bertz CT molecular complexity index is 577. The SMILES string of the molecule is CNCc1cccc2c1ccn2C.O=C(O)C(=O)O. The van der Waals surface area contributed by atoms with Crippen LogP contribution in [0.25, 0.3) is 10.9 Å². The van der Waals surface area contributed by atoms with Gasteiger partial charge < -0.3 is 20.1 Å². The van der Waals surface area contributed by atoms with Crippen molar-refractivity contribution >= 4 is 22.8 Å². The van der Waals surface area contributed by atoms with Crippen molar-refractivity contribution in [2.24, 2.45) is 7.05 Å². The molecule has 1 heterocycles. The first-order chi connectivity index (χ1) is 8.97. The minimum Gasteiger partial charge on any atom is -0.473 e. The van der Waals surface area contributed by atoms with E-state index in [9.17, 15) is 0 Å². The maximum atomic E-state index is 9.10. The number of aryl methyl sites for hydroxylation is 1. The second-order valence-electron chi connectivity index (χ2n) is 3.92. The molecule has 3 N–H and O–H groups in total. The Balaban J connectivity index is 0.000000258. The van der Waals surface area contributed by atoms with Crippen molar-refractivity contribution in [1.29, 1.82) is 0 Å². The van der Waals surface area contributed by atoms with Gasteiger partial charge in [0.1, 0.15) is 0 Å². The number of nitrogens with one attached hydrogen (secondary N) is 1. The Morgan fingerprint density at radius 2 is 1.84 bits per heavy atom. The summed E-state index contributed by atoms with van der Waals surface area (Å²) in [6.07, 6.45) is 2.10. The van der Waals surface area contributed by atoms with E-state index in [1.54, 1.807) is 0 Å². The topological polar surface area (TPSA) is 91.6 Å². The zero-order chi connectivity index (χ0) is 14.4. The molecule has 0 aliphatic rings. The van der Waals surface area contributed by atoms with Crippen LogP contribution >= 0.6 is 0 Å². The number of aliphatic carboxylic acids is 2. The fourth-order valence-electron chi connectivity index (χ4n) is 1.71. The van der Waals surface area contributed by atoms with Crippen LogP contribution in [0.4, 0.5) is 0 Å². The molecule has 0 amide bonds. The van der Waals surface area contributed by atoms with Crippen molar-refractivity contribution in [2.45, 2.75) is 6.54 Å². The predicted molar refractivity (Wildman–Crippen MR) is 71.0 cm³/mol. The molecular formula is C13H16N2O4. The number of carboxylic acid groups (broad SMARTS) is 2. The molecule has 0 fully saturated rings. The number of carboxylic acids is 2. The normalized spacial score (nSPS) is 9.79. The lowest BCUT2D eigenvalue weighted by molar-refractivity contribution is -0.159. The molecule has 102 valence electrons. The fourth-order valence-corrected chi connectivity index (χ4v) is 1.71. The summed E-state index contributed by atoms with van der Waals surface area (Å²) in [5, 5.41) is 19.3. The monoisotopic (exact) mass is 264 g/mol. The third-order valence-electron chi connectivity index (χ3n) is 2.57. The molecule has 0 bridgehead atoms. The molecule has 0 saturated carbocycles. The van der Waals surface area contributed by atoms with E-state index in [1.807, 2.05) is 7.05 Å². The van der Waals surface area contributed by atoms with Crippen LogP contribution in [0, 0.1) is 0 Å². The van der Waals surface area contributed by atoms with E-state index in [0.717, 1.165) is 6.54 Å². The van der Waals surface area contributed by atoms with Gasteiger partial charge in [0, 0.05) is 30.7 Å². The molecule has 0 atom stereocenters. The Hall–Kier alpha value is -2.34. The summed E-state index contributed by atoms with van der Waals surface area (Å²) in [6.45, 7) is 0.932. The van der Waals surface area contributed by atoms with Gasteiger partial charge in [-0.2, -0.15) is 0 Å². The van der Waals surface area contributed by atoms with Crippen LogP contribution < -0.4 is 5.32 Å². The van der Waals surface area contributed by atoms with Gasteiger partial charge in [0.15, 0.2) is 0 Å². The van der Waals surface area contributed by atoms with Crippen LogP contribution in [-0.2, 0) is 23.2 Å². The average Bonchev–Trinajstić information content (AvgIpc) is 2.74. The molecular weight excluding hydrogens is 248 g/mol. The van der Waals surface area contributed by atoms with E-state index in [-0.39, 0.29) is 0 Å². The van der Waals surface area contributed by atoms with Crippen LogP contribution in [0.2, 0.25) is 0 Å². The van der Waals surface area contributed by atoms with Gasteiger partial charge in [0.2, 0.25) is 0 Å². The molecule has 0 aliphatic carbocycles. The van der Waals surface area contributed by atoms with Gasteiger partial charge in [0.05, 0.1) is 0 Å². The third kappa shape index (κ3) is 3.82. The van der Waals surface area contributed by atoms with Gasteiger partial charge in [-0.1, -0.05) is 12.1 Å². The van der Waals surface area contributed by atoms with Gasteiger partial charge >= 0.3 is 11.9 Å². The van der Waals surface area contributed by atoms with Crippen molar-refractivity contribution in [2.75, 3.05) is 7.05 Å². The Kier molecular flexibility index (Phi) is 5.08. The zero-order valence-electron chi connectivity index (χ0n) is 10.8. The highest BCUT2D eigenvalue weighted by Gasteiger charge is 2.04. The van der Waals surface area contributed by atoms with Crippen molar-refractivity contribution in [3.8, 4) is 0 Å². The molecule has 1 aromatic carbocycles. The predicted octanol–water partition coefficient (Wildman–Crippen LogP) is 1.05. The van der Waals surface area contributed by atoms with E-state index < -0.39 is 11.9 Å². The minimum absolute atomic E-state index is 0.932. The van der Waals surface area contributed by atoms with E-state index >= 15 is 0 Å². The van der Waals surface area contributed by atoms with Crippen LogP contribution in [0.3, 0.4) is 0 Å². The minimum atomic E-state index is -1.82. The zero-order valence-corrected chi connectivity index (χ0v) is 10.8. The van der Waals surface area contributed by atoms with E-state index in [2.05, 4.69) is 47.4 Å². The number of hydrogen-bond donors (Lipinski definition) is 3. The van der Waals surface area contributed by atoms with E-state index in [1.165, 1.54) is 16.5 Å². The summed E-state index contributed by atoms with van der Waals surface area (Å²) in [4.78, 5) is 18.2. The van der Waals surface area contributed by atoms with Crippen molar-refractivity contribution in [1.82, 2.24) is 9.88 Å². The molecule has 19 heavy (non-hydrogen) atoms. The van der Waals surface area contributed by atoms with Gasteiger partial charge in [-0.25, -0.2) is 9.59 Å². The van der Waals surface area contributed by atoms with Crippen molar-refractivity contribution in [3.05, 3.63) is 36.0 Å². The molecule has 0 radical (unpaired) electrons. The number of benzene rings is 1. The van der Waals surface area contributed by atoms with E-state index in [4.69, 9.17) is 19.8 Å². The molecule has 6 nitrogen and oxygen atoms in total. The lowest BCUT2D eigenvalue weighted by Gasteiger charge is -2.02. The summed E-state index contributed by atoms with van der Waals surface area (Å²) >= 11 is 0. The lowest BCUT2D eigenvalue weighted by atomic mass is 10.1. The highest BCUT2D eigenvalue weighted by molar-refractivity contribution is 6.27. The lowest BCUT2D eigenvalue weighted by Crippen LogP contribution is -2.09. The van der Waals surface area contributed by atoms with Crippen molar-refractivity contribution in [3.63, 3.8) is 0 Å². The first-order valence-electron chi connectivity index (χ1n) is 5.61. The number of hydrogen-bond acceptors (Lipinski definition) is 3. The number of aromatic nitrogens is 1. The maximum Gasteiger partial charge on any atom is 0.414 e. The molecule has 2 rings (SSSR count). The van der Waals surface area contributed by atoms with Crippen molar-refractivity contribution < 1.29 is 19.8 Å². The molecule has 0 saturated heterocycles. The highest BCUT2D eigenvalue weighted by Crippen LogP contribution is 2.18. The summed E-state index contributed by atoms with van der Waals surface area (Å²) in [6, 6.07) is 8.59. The molecule has 0 spiro atoms. The van der Waals surface area contributed by atoms with Crippen LogP contribution in [0.5, 0.6) is 0 Å². The van der Waals surface area contributed by atoms with E-state index in [0.29, 0.717) is 0 Å². The second kappa shape index (κ2) is 6.55. The standard InChI is InChI=1S/C11H14N2.C2H2O4/c1-12-8-9-4-3-5-11-10(9)6-7-13(11)2;3-1(4)2(5)6/h3-7,12H,8H2,1-2H3;(H,3,4)(H,5,6). The largest absolute Gasteiger partial charge is 0.473 e. The first kappa shape index (κ1) is 14.7. The second-order valence-corrected chi connectivity index (χ2v) is 3.92. The summed E-state index contributed by atoms with van der Waals surface area (Å²) in [5.74, 6) is -3.65. The molecule has 6 heteroatoms. The summed E-state index contributed by atoms with van der Waals surface area (Å²) < 4.78 is 2.15. The van der Waals surface area contributed by atoms with Gasteiger partial charge in [0.25, 0.3) is 0 Å². The molecule has 0 aliphatic heterocycles. The summed E-state index contributed by atoms with van der Waals surface area (Å²) in [7, 11) is 4.05. The van der Waals surface area contributed by atoms with Gasteiger partial charge in [-0.3, -0.25) is 0 Å². The average molecular weight is 264 g/mol. The maximum absolute atomic E-state index is 9.10. The number of carbonyl (C=O) groups is 2. The Morgan fingerprint density at radius 1 is 1.21 bits per heavy atom. The first-order valence-corrected chi connectivity index (χ1v) is 5.61. The quantitative estimate of drug-likeness (QED) is 0.705. The van der Waals surface area contributed by atoms with Crippen LogP contribution in [-0.4, -0.2) is 33.8 Å².